The number of rotatable bonds is 9. The van der Waals surface area contributed by atoms with Gasteiger partial charge in [-0.1, -0.05) is 69.7 Å². The Morgan fingerprint density at radius 2 is 1.71 bits per heavy atom. The number of benzene rings is 1. The maximum atomic E-state index is 14.3. The lowest BCUT2D eigenvalue weighted by molar-refractivity contribution is -0.262. The van der Waals surface area contributed by atoms with Crippen molar-refractivity contribution < 1.29 is 38.1 Å². The van der Waals surface area contributed by atoms with Gasteiger partial charge < -0.3 is 33.9 Å². The van der Waals surface area contributed by atoms with Gasteiger partial charge in [0.05, 0.1) is 23.9 Å². The summed E-state index contributed by atoms with van der Waals surface area (Å²) in [5.41, 5.74) is 0.255. The molecule has 1 N–H and O–H groups in total. The predicted molar refractivity (Wildman–Crippen MR) is 200 cm³/mol. The lowest BCUT2D eigenvalue weighted by Gasteiger charge is -2.46. The number of hydrogen-bond acceptors (Lipinski definition) is 10. The molecule has 0 aliphatic carbocycles. The second-order valence-electron chi connectivity index (χ2n) is 15.6. The molecule has 10 nitrogen and oxygen atoms in total. The van der Waals surface area contributed by atoms with Gasteiger partial charge in [-0.05, 0) is 72.5 Å². The van der Waals surface area contributed by atoms with Crippen LogP contribution in [0, 0.1) is 23.7 Å². The van der Waals surface area contributed by atoms with E-state index in [4.69, 9.17) is 23.7 Å². The standard InChI is InChI=1S/C40H62N2O8S/c1-12-32-40(8)35(41-38(45)50-40)26(4)31(18-19-51-23-29-16-14-13-15-17-29)24(2)22-39(7,46-11)36(27(5)34(43)28(6)37(44)48-32)49-33-21-30(42(9)10)20-25(3)47-33/h13-18,24-28,30,32-33,35-36H,12,19-23H2,1-11H3,(H,41,45)/b31-18+/t24-,25-,26+,27+,28-,30+,32-,33+,35?,36-,39-,40-/m1/s1. The van der Waals surface area contributed by atoms with E-state index in [1.54, 1.807) is 14.0 Å². The zero-order chi connectivity index (χ0) is 37.7. The molecule has 3 aliphatic rings. The van der Waals surface area contributed by atoms with Gasteiger partial charge in [-0.3, -0.25) is 9.59 Å². The molecule has 1 aromatic rings. The number of thioether (sulfide) groups is 1. The van der Waals surface area contributed by atoms with Crippen molar-refractivity contribution in [2.75, 3.05) is 27.0 Å². The number of fused-ring (bicyclic) bond motifs is 1. The topological polar surface area (TPSA) is 113 Å². The minimum atomic E-state index is -1.16. The second kappa shape index (κ2) is 17.6. The molecule has 0 bridgehead atoms. The number of ether oxygens (including phenoxy) is 5. The molecule has 1 unspecified atom stereocenters. The van der Waals surface area contributed by atoms with Crippen LogP contribution in [0.25, 0.3) is 0 Å². The van der Waals surface area contributed by atoms with E-state index in [-0.39, 0.29) is 29.8 Å². The molecule has 1 aromatic carbocycles. The first-order valence-electron chi connectivity index (χ1n) is 18.6. The summed E-state index contributed by atoms with van der Waals surface area (Å²) in [6.45, 7) is 15.4. The summed E-state index contributed by atoms with van der Waals surface area (Å²) < 4.78 is 31.7. The van der Waals surface area contributed by atoms with Crippen molar-refractivity contribution in [2.45, 2.75) is 135 Å². The van der Waals surface area contributed by atoms with Gasteiger partial charge in [-0.2, -0.15) is 11.8 Å². The van der Waals surface area contributed by atoms with E-state index >= 15 is 0 Å². The van der Waals surface area contributed by atoms with E-state index in [0.717, 1.165) is 23.5 Å². The number of alkyl carbamates (subject to hydrolysis) is 1. The largest absolute Gasteiger partial charge is 0.458 e. The zero-order valence-corrected chi connectivity index (χ0v) is 33.4. The molecule has 12 atom stereocenters. The van der Waals surface area contributed by atoms with Crippen LogP contribution in [0.2, 0.25) is 0 Å². The lowest BCUT2D eigenvalue weighted by Crippen LogP contribution is -2.57. The first-order chi connectivity index (χ1) is 24.0. The molecule has 0 radical (unpaired) electrons. The molecular weight excluding hydrogens is 669 g/mol. The molecule has 1 amide bonds. The third-order valence-corrected chi connectivity index (χ3v) is 12.5. The van der Waals surface area contributed by atoms with E-state index < -0.39 is 59.6 Å². The number of hydrogen-bond donors (Lipinski definition) is 1. The van der Waals surface area contributed by atoms with Crippen molar-refractivity contribution in [3.8, 4) is 0 Å². The van der Waals surface area contributed by atoms with E-state index in [1.165, 1.54) is 5.56 Å². The Labute approximate surface area is 310 Å². The van der Waals surface area contributed by atoms with Crippen LogP contribution in [0.4, 0.5) is 4.79 Å². The first-order valence-corrected chi connectivity index (χ1v) is 19.8. The van der Waals surface area contributed by atoms with Gasteiger partial charge >= 0.3 is 12.1 Å². The number of Topliss-reactive ketones (excluding diaryl/α,β-unsaturated/α-hetero) is 1. The number of ketones is 1. The van der Waals surface area contributed by atoms with Crippen LogP contribution in [0.5, 0.6) is 0 Å². The molecule has 3 saturated heterocycles. The Bertz CT molecular complexity index is 1380. The highest BCUT2D eigenvalue weighted by Gasteiger charge is 2.56. The van der Waals surface area contributed by atoms with E-state index in [1.807, 2.05) is 64.6 Å². The molecule has 0 saturated carbocycles. The zero-order valence-electron chi connectivity index (χ0n) is 32.6. The normalized spacial score (nSPS) is 39.2. The minimum Gasteiger partial charge on any atom is -0.458 e. The lowest BCUT2D eigenvalue weighted by atomic mass is 9.72. The highest BCUT2D eigenvalue weighted by atomic mass is 32.2. The average Bonchev–Trinajstić information content (AvgIpc) is 3.41. The fourth-order valence-corrected chi connectivity index (χ4v) is 9.33. The fraction of sp³-hybridized carbons (Fsp3) is 0.725. The Morgan fingerprint density at radius 3 is 2.33 bits per heavy atom. The van der Waals surface area contributed by atoms with Crippen LogP contribution in [0.1, 0.15) is 86.6 Å². The van der Waals surface area contributed by atoms with Gasteiger partial charge in [-0.25, -0.2) is 4.79 Å². The molecule has 286 valence electrons. The van der Waals surface area contributed by atoms with Crippen molar-refractivity contribution in [1.29, 1.82) is 0 Å². The molecule has 51 heavy (non-hydrogen) atoms. The molecule has 4 rings (SSSR count). The summed E-state index contributed by atoms with van der Waals surface area (Å²) in [6.07, 6.45) is 2.04. The van der Waals surface area contributed by atoms with Crippen LogP contribution in [-0.2, 0) is 39.0 Å². The first kappa shape index (κ1) is 41.3. The molecule has 0 aromatic heterocycles. The number of esters is 1. The van der Waals surface area contributed by atoms with Crippen LogP contribution in [0.15, 0.2) is 42.0 Å². The van der Waals surface area contributed by atoms with Crippen LogP contribution >= 0.6 is 11.8 Å². The SMILES string of the molecule is CC[C@H]1OC(=O)[C@H](C)C(=O)[C@H](C)[C@@H](O[C@H]2C[C@@H](N(C)C)C[C@@H](C)O2)[C@](C)(OC)C[C@@H](C)/C(=C\CSCc2ccccc2)[C@H](C)C2NC(=O)O[C@@]21C. The number of amides is 1. The second-order valence-corrected chi connectivity index (χ2v) is 16.6. The van der Waals surface area contributed by atoms with Gasteiger partial charge in [-0.15, -0.1) is 0 Å². The maximum Gasteiger partial charge on any atom is 0.408 e. The molecule has 0 spiro atoms. The number of carbonyl (C=O) groups excluding carboxylic acids is 3. The number of cyclic esters (lactones) is 1. The predicted octanol–water partition coefficient (Wildman–Crippen LogP) is 6.80. The van der Waals surface area contributed by atoms with Gasteiger partial charge in [0.15, 0.2) is 17.7 Å². The summed E-state index contributed by atoms with van der Waals surface area (Å²) in [6, 6.07) is 10.1. The third-order valence-electron chi connectivity index (χ3n) is 11.6. The van der Waals surface area contributed by atoms with Crippen LogP contribution < -0.4 is 5.32 Å². The monoisotopic (exact) mass is 730 g/mol. The molecule has 3 aliphatic heterocycles. The molecule has 3 fully saturated rings. The smallest absolute Gasteiger partial charge is 0.408 e. The van der Waals surface area contributed by atoms with Gasteiger partial charge in [0.1, 0.15) is 12.0 Å². The third kappa shape index (κ3) is 9.57. The number of nitrogens with zero attached hydrogens (tertiary/aromatic N) is 1. The Balaban J connectivity index is 1.78. The Hall–Kier alpha value is -2.44. The summed E-state index contributed by atoms with van der Waals surface area (Å²) in [5, 5.41) is 3.07. The number of nitrogens with one attached hydrogen (secondary N) is 1. The summed E-state index contributed by atoms with van der Waals surface area (Å²) >= 11 is 1.82. The summed E-state index contributed by atoms with van der Waals surface area (Å²) in [5.74, 6) is -1.40. The molecule has 3 heterocycles. The van der Waals surface area contributed by atoms with Gasteiger partial charge in [0.25, 0.3) is 0 Å². The van der Waals surface area contributed by atoms with Gasteiger partial charge in [0, 0.05) is 42.9 Å². The molecule has 11 heteroatoms. The highest BCUT2D eigenvalue weighted by Crippen LogP contribution is 2.43. The Kier molecular flexibility index (Phi) is 14.3. The van der Waals surface area contributed by atoms with Gasteiger partial charge in [0.2, 0.25) is 0 Å². The quantitative estimate of drug-likeness (QED) is 0.126. The van der Waals surface area contributed by atoms with Crippen LogP contribution in [0.3, 0.4) is 0 Å². The molecular formula is C40H62N2O8S. The summed E-state index contributed by atoms with van der Waals surface area (Å²) in [7, 11) is 5.77. The maximum absolute atomic E-state index is 14.3. The van der Waals surface area contributed by atoms with Crippen LogP contribution in [-0.4, -0.2) is 97.6 Å². The van der Waals surface area contributed by atoms with Crippen molar-refractivity contribution in [1.82, 2.24) is 10.2 Å². The highest BCUT2D eigenvalue weighted by molar-refractivity contribution is 7.98. The van der Waals surface area contributed by atoms with Crippen molar-refractivity contribution in [3.05, 3.63) is 47.5 Å². The van der Waals surface area contributed by atoms with Crippen molar-refractivity contribution in [3.63, 3.8) is 0 Å². The van der Waals surface area contributed by atoms with Crippen molar-refractivity contribution in [2.24, 2.45) is 23.7 Å². The Morgan fingerprint density at radius 1 is 1.02 bits per heavy atom. The van der Waals surface area contributed by atoms with E-state index in [2.05, 4.69) is 56.4 Å². The van der Waals surface area contributed by atoms with E-state index in [0.29, 0.717) is 19.3 Å². The average molecular weight is 731 g/mol. The number of carbonyl (C=O) groups is 3. The van der Waals surface area contributed by atoms with Crippen molar-refractivity contribution >= 4 is 29.6 Å². The fourth-order valence-electron chi connectivity index (χ4n) is 8.47. The summed E-state index contributed by atoms with van der Waals surface area (Å²) in [4.78, 5) is 43.2. The minimum absolute atomic E-state index is 0.0322. The number of methoxy groups -OCH3 is 1. The van der Waals surface area contributed by atoms with E-state index in [9.17, 15) is 14.4 Å².